The summed E-state index contributed by atoms with van der Waals surface area (Å²) < 4.78 is 24.9. The number of sulfone groups is 1. The zero-order chi connectivity index (χ0) is 13.8. The fraction of sp³-hybridized carbons (Fsp3) is 0.538. The van der Waals surface area contributed by atoms with Gasteiger partial charge in [0.2, 0.25) is 0 Å². The van der Waals surface area contributed by atoms with Crippen molar-refractivity contribution in [3.63, 3.8) is 0 Å². The van der Waals surface area contributed by atoms with E-state index in [2.05, 4.69) is 5.32 Å². The van der Waals surface area contributed by atoms with Gasteiger partial charge in [-0.3, -0.25) is 0 Å². The van der Waals surface area contributed by atoms with Crippen molar-refractivity contribution < 1.29 is 8.42 Å². The first-order valence-electron chi connectivity index (χ1n) is 6.13. The van der Waals surface area contributed by atoms with E-state index in [0.29, 0.717) is 0 Å². The molecule has 2 unspecified atom stereocenters. The van der Waals surface area contributed by atoms with Crippen molar-refractivity contribution >= 4 is 21.4 Å². The highest BCUT2D eigenvalue weighted by Crippen LogP contribution is 2.25. The molecule has 0 bridgehead atoms. The molecule has 0 heterocycles. The minimum atomic E-state index is -3.39. The summed E-state index contributed by atoms with van der Waals surface area (Å²) in [4.78, 5) is 0.212. The van der Waals surface area contributed by atoms with Crippen molar-refractivity contribution in [1.29, 1.82) is 0 Å². The van der Waals surface area contributed by atoms with Gasteiger partial charge in [0, 0.05) is 6.04 Å². The third kappa shape index (κ3) is 3.46. The molecule has 1 aromatic rings. The van der Waals surface area contributed by atoms with Crippen molar-refractivity contribution in [1.82, 2.24) is 5.32 Å². The number of hydrogen-bond acceptors (Lipinski definition) is 3. The maximum absolute atomic E-state index is 12.4. The number of nitrogens with one attached hydrogen (secondary N) is 1. The largest absolute Gasteiger partial charge is 0.313 e. The number of rotatable bonds is 6. The van der Waals surface area contributed by atoms with Crippen molar-refractivity contribution in [2.24, 2.45) is 0 Å². The van der Waals surface area contributed by atoms with Gasteiger partial charge in [-0.25, -0.2) is 8.42 Å². The van der Waals surface area contributed by atoms with Gasteiger partial charge in [0.1, 0.15) is 0 Å². The highest BCUT2D eigenvalue weighted by Gasteiger charge is 2.29. The Bertz CT molecular complexity index is 488. The van der Waals surface area contributed by atoms with Crippen LogP contribution in [0.2, 0.25) is 5.02 Å². The van der Waals surface area contributed by atoms with Crippen LogP contribution in [0.15, 0.2) is 29.2 Å². The lowest BCUT2D eigenvalue weighted by Gasteiger charge is -2.21. The fourth-order valence-electron chi connectivity index (χ4n) is 1.68. The molecule has 102 valence electrons. The van der Waals surface area contributed by atoms with Gasteiger partial charge in [-0.2, -0.15) is 0 Å². The van der Waals surface area contributed by atoms with Crippen molar-refractivity contribution in [3.8, 4) is 0 Å². The van der Waals surface area contributed by atoms with Gasteiger partial charge in [0.05, 0.1) is 15.2 Å². The predicted octanol–water partition coefficient (Wildman–Crippen LogP) is 2.89. The van der Waals surface area contributed by atoms with E-state index in [1.165, 1.54) is 0 Å². The van der Waals surface area contributed by atoms with Crippen LogP contribution in [0.5, 0.6) is 0 Å². The van der Waals surface area contributed by atoms with Crippen molar-refractivity contribution in [2.75, 3.05) is 6.54 Å². The fourth-order valence-corrected chi connectivity index (χ4v) is 3.78. The van der Waals surface area contributed by atoms with Crippen LogP contribution in [0.3, 0.4) is 0 Å². The molecule has 0 aliphatic heterocycles. The second kappa shape index (κ2) is 6.55. The van der Waals surface area contributed by atoms with Gasteiger partial charge in [-0.1, -0.05) is 30.7 Å². The van der Waals surface area contributed by atoms with Crippen LogP contribution >= 0.6 is 11.6 Å². The van der Waals surface area contributed by atoms with Crippen molar-refractivity contribution in [3.05, 3.63) is 29.3 Å². The molecule has 2 atom stereocenters. The Labute approximate surface area is 114 Å². The molecule has 0 radical (unpaired) electrons. The van der Waals surface area contributed by atoms with E-state index in [4.69, 9.17) is 11.6 Å². The monoisotopic (exact) mass is 289 g/mol. The molecule has 1 rings (SSSR count). The number of benzene rings is 1. The lowest BCUT2D eigenvalue weighted by Crippen LogP contribution is -2.40. The molecule has 3 nitrogen and oxygen atoms in total. The summed E-state index contributed by atoms with van der Waals surface area (Å²) in [6.45, 7) is 6.46. The highest BCUT2D eigenvalue weighted by molar-refractivity contribution is 7.92. The van der Waals surface area contributed by atoms with E-state index in [0.717, 1.165) is 13.0 Å². The average Bonchev–Trinajstić information content (AvgIpc) is 2.35. The molecule has 0 saturated carbocycles. The van der Waals surface area contributed by atoms with Crippen LogP contribution in [0, 0.1) is 0 Å². The van der Waals surface area contributed by atoms with Crippen LogP contribution in [0.1, 0.15) is 27.2 Å². The van der Waals surface area contributed by atoms with Crippen LogP contribution in [0.25, 0.3) is 0 Å². The third-order valence-corrected chi connectivity index (χ3v) is 5.85. The lowest BCUT2D eigenvalue weighted by atomic mass is 10.2. The molecule has 1 N–H and O–H groups in total. The van der Waals surface area contributed by atoms with E-state index in [1.54, 1.807) is 31.2 Å². The summed E-state index contributed by atoms with van der Waals surface area (Å²) in [5.41, 5.74) is 0. The minimum absolute atomic E-state index is 0.105. The van der Waals surface area contributed by atoms with E-state index < -0.39 is 15.1 Å². The topological polar surface area (TPSA) is 46.2 Å². The maximum atomic E-state index is 12.4. The Kier molecular flexibility index (Phi) is 5.63. The molecule has 1 aromatic carbocycles. The van der Waals surface area contributed by atoms with Crippen LogP contribution in [0.4, 0.5) is 0 Å². The lowest BCUT2D eigenvalue weighted by molar-refractivity contribution is 0.509. The summed E-state index contributed by atoms with van der Waals surface area (Å²) in [6, 6.07) is 6.47. The normalized spacial score (nSPS) is 15.3. The van der Waals surface area contributed by atoms with Gasteiger partial charge in [0.25, 0.3) is 0 Å². The van der Waals surface area contributed by atoms with Crippen LogP contribution < -0.4 is 5.32 Å². The second-order valence-electron chi connectivity index (χ2n) is 4.42. The third-order valence-electron chi connectivity index (χ3n) is 3.05. The van der Waals surface area contributed by atoms with Crippen LogP contribution in [-0.2, 0) is 9.84 Å². The first kappa shape index (κ1) is 15.5. The first-order valence-corrected chi connectivity index (χ1v) is 8.05. The quantitative estimate of drug-likeness (QED) is 0.876. The molecule has 0 aliphatic carbocycles. The molecule has 0 saturated heterocycles. The molecule has 18 heavy (non-hydrogen) atoms. The van der Waals surface area contributed by atoms with Crippen LogP contribution in [-0.4, -0.2) is 26.3 Å². The van der Waals surface area contributed by atoms with Crippen molar-refractivity contribution in [2.45, 2.75) is 43.4 Å². The van der Waals surface area contributed by atoms with Gasteiger partial charge < -0.3 is 5.32 Å². The summed E-state index contributed by atoms with van der Waals surface area (Å²) >= 11 is 5.96. The molecule has 0 amide bonds. The maximum Gasteiger partial charge on any atom is 0.183 e. The zero-order valence-corrected chi connectivity index (χ0v) is 12.6. The summed E-state index contributed by atoms with van der Waals surface area (Å²) in [5, 5.41) is 2.98. The minimum Gasteiger partial charge on any atom is -0.313 e. The molecule has 0 aromatic heterocycles. The Balaban J connectivity index is 2.97. The standard InChI is InChI=1S/C13H20ClNO2S/c1-4-9-15-10(2)11(3)18(16,17)13-8-6-5-7-12(13)14/h5-8,10-11,15H,4,9H2,1-3H3. The van der Waals surface area contributed by atoms with Gasteiger partial charge >= 0.3 is 0 Å². The molecular weight excluding hydrogens is 270 g/mol. The Morgan fingerprint density at radius 1 is 1.28 bits per heavy atom. The first-order chi connectivity index (χ1) is 8.41. The van der Waals surface area contributed by atoms with E-state index >= 15 is 0 Å². The average molecular weight is 290 g/mol. The summed E-state index contributed by atoms with van der Waals surface area (Å²) in [7, 11) is -3.39. The molecule has 0 aliphatic rings. The number of halogens is 1. The SMILES string of the molecule is CCCNC(C)C(C)S(=O)(=O)c1ccccc1Cl. The van der Waals surface area contributed by atoms with Gasteiger partial charge in [-0.15, -0.1) is 0 Å². The van der Waals surface area contributed by atoms with E-state index in [-0.39, 0.29) is 16.0 Å². The highest BCUT2D eigenvalue weighted by atomic mass is 35.5. The second-order valence-corrected chi connectivity index (χ2v) is 7.10. The van der Waals surface area contributed by atoms with E-state index in [1.807, 2.05) is 13.8 Å². The van der Waals surface area contributed by atoms with Gasteiger partial charge in [0.15, 0.2) is 9.84 Å². The van der Waals surface area contributed by atoms with E-state index in [9.17, 15) is 8.42 Å². The molecule has 0 fully saturated rings. The molecule has 0 spiro atoms. The number of hydrogen-bond donors (Lipinski definition) is 1. The Morgan fingerprint density at radius 2 is 1.89 bits per heavy atom. The summed E-state index contributed by atoms with van der Waals surface area (Å²) in [6.07, 6.45) is 0.975. The zero-order valence-electron chi connectivity index (χ0n) is 11.0. The smallest absolute Gasteiger partial charge is 0.183 e. The molecular formula is C13H20ClNO2S. The summed E-state index contributed by atoms with van der Waals surface area (Å²) in [5.74, 6) is 0. The Morgan fingerprint density at radius 3 is 2.44 bits per heavy atom. The predicted molar refractivity (Wildman–Crippen MR) is 75.9 cm³/mol. The molecule has 5 heteroatoms. The van der Waals surface area contributed by atoms with Gasteiger partial charge in [-0.05, 0) is 38.9 Å². The Hall–Kier alpha value is -0.580.